The average Bonchev–Trinajstić information content (AvgIpc) is 3.46. The molecule has 1 amide bonds. The Morgan fingerprint density at radius 2 is 1.97 bits per heavy atom. The van der Waals surface area contributed by atoms with E-state index >= 15 is 0 Å². The molecule has 4 aromatic rings. The van der Waals surface area contributed by atoms with Gasteiger partial charge in [-0.3, -0.25) is 14.7 Å². The number of carbonyl (C=O) groups is 1. The van der Waals surface area contributed by atoms with Crippen LogP contribution in [-0.4, -0.2) is 30.1 Å². The Labute approximate surface area is 182 Å². The minimum Gasteiger partial charge on any atom is -0.495 e. The highest BCUT2D eigenvalue weighted by atomic mass is 32.1. The molecule has 0 fully saturated rings. The number of fused-ring (bicyclic) bond motifs is 1. The quantitative estimate of drug-likeness (QED) is 0.380. The van der Waals surface area contributed by atoms with Crippen molar-refractivity contribution < 1.29 is 14.3 Å². The average molecular weight is 438 g/mol. The molecule has 0 bridgehead atoms. The molecule has 4 rings (SSSR count). The lowest BCUT2D eigenvalue weighted by Crippen LogP contribution is -2.28. The molecule has 152 valence electrons. The van der Waals surface area contributed by atoms with Crippen LogP contribution in [0.4, 0.5) is 5.13 Å². The first-order chi connectivity index (χ1) is 14.7. The van der Waals surface area contributed by atoms with Crippen molar-refractivity contribution in [3.8, 4) is 11.5 Å². The minimum atomic E-state index is -0.163. The standard InChI is InChI=1S/C22H19N3O3S2/c1-27-17-8-9-18(28-2)21-20(17)24-22(30-21)25(14-15-5-3-11-23-13-15)19(26)10-7-16-6-4-12-29-16/h3-13H,14H2,1-2H3. The van der Waals surface area contributed by atoms with Crippen LogP contribution in [0.3, 0.4) is 0 Å². The molecule has 0 unspecified atom stereocenters. The van der Waals surface area contributed by atoms with Crippen molar-refractivity contribution in [2.75, 3.05) is 19.1 Å². The zero-order chi connectivity index (χ0) is 20.9. The molecular weight excluding hydrogens is 418 g/mol. The third-order valence-electron chi connectivity index (χ3n) is 4.39. The van der Waals surface area contributed by atoms with E-state index in [2.05, 4.69) is 4.98 Å². The van der Waals surface area contributed by atoms with Crippen LogP contribution in [0.15, 0.2) is 60.2 Å². The maximum atomic E-state index is 13.2. The summed E-state index contributed by atoms with van der Waals surface area (Å²) in [6.07, 6.45) is 6.85. The number of benzene rings is 1. The summed E-state index contributed by atoms with van der Waals surface area (Å²) in [4.78, 5) is 24.7. The number of nitrogens with zero attached hydrogens (tertiary/aromatic N) is 3. The summed E-state index contributed by atoms with van der Waals surface area (Å²) in [6.45, 7) is 0.353. The molecule has 0 aliphatic heterocycles. The predicted octanol–water partition coefficient (Wildman–Crippen LogP) is 5.02. The molecule has 0 saturated carbocycles. The van der Waals surface area contributed by atoms with Crippen molar-refractivity contribution in [1.29, 1.82) is 0 Å². The zero-order valence-electron chi connectivity index (χ0n) is 16.4. The number of thiazole rings is 1. The number of amides is 1. The fourth-order valence-electron chi connectivity index (χ4n) is 2.93. The van der Waals surface area contributed by atoms with Gasteiger partial charge < -0.3 is 9.47 Å². The van der Waals surface area contributed by atoms with E-state index < -0.39 is 0 Å². The molecule has 0 atom stereocenters. The lowest BCUT2D eigenvalue weighted by molar-refractivity contribution is -0.114. The van der Waals surface area contributed by atoms with Crippen LogP contribution in [0.5, 0.6) is 11.5 Å². The monoisotopic (exact) mass is 437 g/mol. The number of rotatable bonds is 7. The first-order valence-corrected chi connectivity index (χ1v) is 10.8. The van der Waals surface area contributed by atoms with Gasteiger partial charge >= 0.3 is 0 Å². The molecule has 0 aliphatic carbocycles. The molecule has 3 aromatic heterocycles. The number of pyridine rings is 1. The van der Waals surface area contributed by atoms with Gasteiger partial charge in [0.05, 0.1) is 20.8 Å². The van der Waals surface area contributed by atoms with Crippen LogP contribution >= 0.6 is 22.7 Å². The van der Waals surface area contributed by atoms with Gasteiger partial charge in [-0.05, 0) is 41.3 Å². The Balaban J connectivity index is 1.75. The number of methoxy groups -OCH3 is 2. The van der Waals surface area contributed by atoms with E-state index in [1.807, 2.05) is 47.9 Å². The minimum absolute atomic E-state index is 0.163. The Bertz CT molecular complexity index is 1130. The molecular formula is C22H19N3O3S2. The van der Waals surface area contributed by atoms with E-state index in [-0.39, 0.29) is 5.91 Å². The number of carbonyl (C=O) groups excluding carboxylic acids is 1. The zero-order valence-corrected chi connectivity index (χ0v) is 18.1. The lowest BCUT2D eigenvalue weighted by atomic mass is 10.2. The predicted molar refractivity (Wildman–Crippen MR) is 122 cm³/mol. The summed E-state index contributed by atoms with van der Waals surface area (Å²) in [6, 6.07) is 11.4. The Morgan fingerprint density at radius 1 is 1.13 bits per heavy atom. The number of hydrogen-bond donors (Lipinski definition) is 0. The SMILES string of the molecule is COc1ccc(OC)c2sc(N(Cc3cccnc3)C(=O)C=Cc3cccs3)nc12. The smallest absolute Gasteiger partial charge is 0.253 e. The van der Waals surface area contributed by atoms with Gasteiger partial charge in [0.1, 0.15) is 21.7 Å². The van der Waals surface area contributed by atoms with Crippen LogP contribution in [0, 0.1) is 0 Å². The van der Waals surface area contributed by atoms with E-state index in [1.165, 1.54) is 11.3 Å². The van der Waals surface area contributed by atoms with E-state index in [0.717, 1.165) is 15.1 Å². The third-order valence-corrected chi connectivity index (χ3v) is 6.32. The summed E-state index contributed by atoms with van der Waals surface area (Å²) >= 11 is 2.97. The number of aromatic nitrogens is 2. The third kappa shape index (κ3) is 4.19. The van der Waals surface area contributed by atoms with Gasteiger partial charge in [0.15, 0.2) is 5.13 Å². The maximum Gasteiger partial charge on any atom is 0.253 e. The molecule has 0 spiro atoms. The van der Waals surface area contributed by atoms with Crippen LogP contribution in [0.2, 0.25) is 0 Å². The Hall–Kier alpha value is -3.23. The van der Waals surface area contributed by atoms with Crippen molar-refractivity contribution >= 4 is 50.0 Å². The second-order valence-corrected chi connectivity index (χ2v) is 8.24. The van der Waals surface area contributed by atoms with Gasteiger partial charge in [-0.15, -0.1) is 11.3 Å². The number of thiophene rings is 1. The van der Waals surface area contributed by atoms with Crippen molar-refractivity contribution in [2.24, 2.45) is 0 Å². The molecule has 30 heavy (non-hydrogen) atoms. The molecule has 1 aromatic carbocycles. The first kappa shape index (κ1) is 20.1. The largest absolute Gasteiger partial charge is 0.495 e. The summed E-state index contributed by atoms with van der Waals surface area (Å²) in [7, 11) is 3.21. The molecule has 3 heterocycles. The molecule has 0 N–H and O–H groups in total. The van der Waals surface area contributed by atoms with Gasteiger partial charge in [-0.2, -0.15) is 0 Å². The molecule has 0 radical (unpaired) electrons. The summed E-state index contributed by atoms with van der Waals surface area (Å²) in [5.41, 5.74) is 1.58. The van der Waals surface area contributed by atoms with Crippen LogP contribution in [0.25, 0.3) is 16.3 Å². The van der Waals surface area contributed by atoms with Gasteiger partial charge in [-0.25, -0.2) is 4.98 Å². The second-order valence-electron chi connectivity index (χ2n) is 6.28. The van der Waals surface area contributed by atoms with Gasteiger partial charge in [-0.1, -0.05) is 23.5 Å². The number of ether oxygens (including phenoxy) is 2. The highest BCUT2D eigenvalue weighted by molar-refractivity contribution is 7.22. The maximum absolute atomic E-state index is 13.2. The van der Waals surface area contributed by atoms with E-state index in [0.29, 0.717) is 28.7 Å². The molecule has 6 nitrogen and oxygen atoms in total. The topological polar surface area (TPSA) is 64.6 Å². The fourth-order valence-corrected chi connectivity index (χ4v) is 4.63. The number of anilines is 1. The lowest BCUT2D eigenvalue weighted by Gasteiger charge is -2.18. The summed E-state index contributed by atoms with van der Waals surface area (Å²) in [5, 5.41) is 2.54. The highest BCUT2D eigenvalue weighted by Crippen LogP contribution is 2.40. The summed E-state index contributed by atoms with van der Waals surface area (Å²) < 4.78 is 11.8. The van der Waals surface area contributed by atoms with Crippen LogP contribution in [0.1, 0.15) is 10.4 Å². The highest BCUT2D eigenvalue weighted by Gasteiger charge is 2.21. The second kappa shape index (κ2) is 9.06. The van der Waals surface area contributed by atoms with E-state index in [9.17, 15) is 4.79 Å². The number of hydrogen-bond acceptors (Lipinski definition) is 7. The first-order valence-electron chi connectivity index (χ1n) is 9.13. The van der Waals surface area contributed by atoms with Crippen molar-refractivity contribution in [3.05, 3.63) is 70.7 Å². The van der Waals surface area contributed by atoms with Crippen molar-refractivity contribution in [3.63, 3.8) is 0 Å². The van der Waals surface area contributed by atoms with E-state index in [1.54, 1.807) is 48.9 Å². The molecule has 0 aliphatic rings. The van der Waals surface area contributed by atoms with Gasteiger partial charge in [0.25, 0.3) is 5.91 Å². The normalized spacial score (nSPS) is 11.1. The van der Waals surface area contributed by atoms with Crippen molar-refractivity contribution in [1.82, 2.24) is 9.97 Å². The Morgan fingerprint density at radius 3 is 2.67 bits per heavy atom. The molecule has 8 heteroatoms. The van der Waals surface area contributed by atoms with Crippen LogP contribution < -0.4 is 14.4 Å². The van der Waals surface area contributed by atoms with Gasteiger partial charge in [0.2, 0.25) is 0 Å². The fraction of sp³-hybridized carbons (Fsp3) is 0.136. The Kier molecular flexibility index (Phi) is 6.06. The van der Waals surface area contributed by atoms with E-state index in [4.69, 9.17) is 14.5 Å². The van der Waals surface area contributed by atoms with Gasteiger partial charge in [0, 0.05) is 23.3 Å². The molecule has 0 saturated heterocycles. The van der Waals surface area contributed by atoms with Crippen LogP contribution in [-0.2, 0) is 11.3 Å². The summed E-state index contributed by atoms with van der Waals surface area (Å²) in [5.74, 6) is 1.16. The van der Waals surface area contributed by atoms with Crippen molar-refractivity contribution in [2.45, 2.75) is 6.54 Å².